The van der Waals surface area contributed by atoms with E-state index in [1.807, 2.05) is 0 Å². The van der Waals surface area contributed by atoms with Crippen LogP contribution in [0.15, 0.2) is 0 Å². The summed E-state index contributed by atoms with van der Waals surface area (Å²) in [5.74, 6) is -2.10. The third kappa shape index (κ3) is 7.81. The second-order valence-electron chi connectivity index (χ2n) is 5.41. The van der Waals surface area contributed by atoms with E-state index in [2.05, 4.69) is 0 Å². The average molecular weight is 438 g/mol. The summed E-state index contributed by atoms with van der Waals surface area (Å²) in [6.45, 7) is 2.57. The van der Waals surface area contributed by atoms with Gasteiger partial charge in [0, 0.05) is 20.8 Å². The van der Waals surface area contributed by atoms with E-state index in [0.29, 0.717) is 0 Å². The molecule has 0 radical (unpaired) electrons. The molecule has 1 rings (SSSR count). The highest BCUT2D eigenvalue weighted by atomic mass is 35.6. The topological polar surface area (TPSA) is 118 Å². The monoisotopic (exact) mass is 436 g/mol. The second-order valence-corrected chi connectivity index (χ2v) is 7.93. The van der Waals surface area contributed by atoms with Gasteiger partial charge in [0.05, 0.1) is 6.61 Å². The number of carbonyl (C=O) groups is 3. The Morgan fingerprint density at radius 1 is 1.00 bits per heavy atom. The van der Waals surface area contributed by atoms with Crippen LogP contribution in [0.1, 0.15) is 20.8 Å². The van der Waals surface area contributed by atoms with Gasteiger partial charge in [0.25, 0.3) is 0 Å². The maximum absolute atomic E-state index is 11.3. The molecule has 1 aliphatic heterocycles. The molecule has 150 valence electrons. The van der Waals surface area contributed by atoms with Crippen molar-refractivity contribution >= 4 is 52.7 Å². The lowest BCUT2D eigenvalue weighted by Gasteiger charge is -2.42. The molecule has 1 saturated heterocycles. The Labute approximate surface area is 164 Å². The average Bonchev–Trinajstić information content (AvgIpc) is 2.47. The largest absolute Gasteiger partial charge is 0.463 e. The van der Waals surface area contributed by atoms with Crippen molar-refractivity contribution in [2.75, 3.05) is 13.2 Å². The zero-order valence-electron chi connectivity index (χ0n) is 14.1. The van der Waals surface area contributed by atoms with Gasteiger partial charge in [-0.1, -0.05) is 34.8 Å². The minimum absolute atomic E-state index is 0.356. The number of halogens is 3. The van der Waals surface area contributed by atoms with Gasteiger partial charge in [-0.05, 0) is 0 Å². The van der Waals surface area contributed by atoms with Gasteiger partial charge in [0.15, 0.2) is 18.5 Å². The van der Waals surface area contributed by atoms with Crippen LogP contribution in [0.2, 0.25) is 0 Å². The Morgan fingerprint density at radius 2 is 1.54 bits per heavy atom. The fourth-order valence-corrected chi connectivity index (χ4v) is 2.38. The van der Waals surface area contributed by atoms with Crippen molar-refractivity contribution in [1.29, 1.82) is 0 Å². The molecule has 0 spiro atoms. The highest BCUT2D eigenvalue weighted by molar-refractivity contribution is 6.67. The molecule has 0 aromatic heterocycles. The van der Waals surface area contributed by atoms with E-state index in [0.717, 1.165) is 13.8 Å². The summed E-state index contributed by atoms with van der Waals surface area (Å²) in [5.41, 5.74) is 0. The van der Waals surface area contributed by atoms with E-state index in [9.17, 15) is 19.5 Å². The fourth-order valence-electron chi connectivity index (χ4n) is 2.19. The summed E-state index contributed by atoms with van der Waals surface area (Å²) in [4.78, 5) is 33.7. The molecule has 0 aromatic rings. The first-order valence-electron chi connectivity index (χ1n) is 7.40. The Morgan fingerprint density at radius 3 is 2.00 bits per heavy atom. The Hall–Kier alpha value is -0.840. The molecule has 1 fully saturated rings. The lowest BCUT2D eigenvalue weighted by atomic mass is 9.98. The minimum Gasteiger partial charge on any atom is -0.463 e. The Balaban J connectivity index is 3.03. The number of hydrogen-bond acceptors (Lipinski definition) is 9. The molecule has 0 aromatic carbocycles. The van der Waals surface area contributed by atoms with Crippen LogP contribution in [-0.2, 0) is 38.1 Å². The number of hydrogen-bond donors (Lipinski definition) is 1. The van der Waals surface area contributed by atoms with Crippen LogP contribution >= 0.6 is 34.8 Å². The molecule has 5 atom stereocenters. The SMILES string of the molecule is CC(=O)OC[C@H]1OC(OCC(Cl)(Cl)Cl)[C@H](OC(C)=O)[C@@H](O)[C@H]1OC(C)=O. The van der Waals surface area contributed by atoms with Crippen molar-refractivity contribution in [3.8, 4) is 0 Å². The zero-order chi connectivity index (χ0) is 20.1. The summed E-state index contributed by atoms with van der Waals surface area (Å²) < 4.78 is 23.9. The number of rotatable bonds is 6. The Kier molecular flexibility index (Phi) is 8.84. The van der Waals surface area contributed by atoms with E-state index in [1.54, 1.807) is 0 Å². The predicted molar refractivity (Wildman–Crippen MR) is 88.7 cm³/mol. The van der Waals surface area contributed by atoms with Crippen molar-refractivity contribution in [2.45, 2.75) is 55.3 Å². The number of aliphatic hydroxyl groups excluding tert-OH is 1. The summed E-state index contributed by atoms with van der Waals surface area (Å²) in [5, 5.41) is 10.5. The quantitative estimate of drug-likeness (QED) is 0.367. The smallest absolute Gasteiger partial charge is 0.303 e. The van der Waals surface area contributed by atoms with E-state index < -0.39 is 59.0 Å². The second kappa shape index (κ2) is 9.91. The van der Waals surface area contributed by atoms with E-state index >= 15 is 0 Å². The van der Waals surface area contributed by atoms with Crippen molar-refractivity contribution in [1.82, 2.24) is 0 Å². The summed E-state index contributed by atoms with van der Waals surface area (Å²) in [6, 6.07) is 0. The third-order valence-corrected chi connectivity index (χ3v) is 3.41. The number of esters is 3. The molecule has 1 N–H and O–H groups in total. The minimum atomic E-state index is -1.80. The van der Waals surface area contributed by atoms with Crippen LogP contribution in [0.3, 0.4) is 0 Å². The van der Waals surface area contributed by atoms with E-state index in [1.165, 1.54) is 6.92 Å². The maximum atomic E-state index is 11.3. The van der Waals surface area contributed by atoms with Gasteiger partial charge in [0.2, 0.25) is 3.79 Å². The first-order valence-corrected chi connectivity index (χ1v) is 8.53. The number of carbonyl (C=O) groups excluding carboxylic acids is 3. The molecule has 0 aliphatic carbocycles. The molecule has 0 saturated carbocycles. The molecule has 1 aliphatic rings. The molecule has 1 unspecified atom stereocenters. The van der Waals surface area contributed by atoms with Gasteiger partial charge in [-0.2, -0.15) is 0 Å². The van der Waals surface area contributed by atoms with Crippen molar-refractivity contribution in [3.05, 3.63) is 0 Å². The first-order chi connectivity index (χ1) is 11.9. The zero-order valence-corrected chi connectivity index (χ0v) is 16.4. The van der Waals surface area contributed by atoms with Crippen molar-refractivity contribution in [2.24, 2.45) is 0 Å². The number of alkyl halides is 3. The first kappa shape index (κ1) is 23.2. The molecule has 0 amide bonds. The molecule has 9 nitrogen and oxygen atoms in total. The molecule has 0 bridgehead atoms. The lowest BCUT2D eigenvalue weighted by Crippen LogP contribution is -2.62. The lowest BCUT2D eigenvalue weighted by molar-refractivity contribution is -0.305. The number of aliphatic hydroxyl groups is 1. The molecule has 26 heavy (non-hydrogen) atoms. The maximum Gasteiger partial charge on any atom is 0.303 e. The van der Waals surface area contributed by atoms with Gasteiger partial charge in [-0.15, -0.1) is 0 Å². The van der Waals surface area contributed by atoms with E-state index in [4.69, 9.17) is 58.5 Å². The highest BCUT2D eigenvalue weighted by Gasteiger charge is 2.50. The van der Waals surface area contributed by atoms with Crippen LogP contribution in [-0.4, -0.2) is 70.7 Å². The van der Waals surface area contributed by atoms with Crippen LogP contribution in [0, 0.1) is 0 Å². The van der Waals surface area contributed by atoms with Gasteiger partial charge in [-0.3, -0.25) is 14.4 Å². The summed E-state index contributed by atoms with van der Waals surface area (Å²) in [7, 11) is 0. The normalized spacial score (nSPS) is 29.0. The van der Waals surface area contributed by atoms with Crippen LogP contribution in [0.5, 0.6) is 0 Å². The summed E-state index contributed by atoms with van der Waals surface area (Å²) >= 11 is 16.9. The molecule has 1 heterocycles. The van der Waals surface area contributed by atoms with Gasteiger partial charge in [-0.25, -0.2) is 0 Å². The Bertz CT molecular complexity index is 520. The fraction of sp³-hybridized carbons (Fsp3) is 0.786. The van der Waals surface area contributed by atoms with Gasteiger partial charge in [0.1, 0.15) is 18.8 Å². The van der Waals surface area contributed by atoms with Crippen LogP contribution in [0.4, 0.5) is 0 Å². The van der Waals surface area contributed by atoms with Gasteiger partial charge < -0.3 is 28.8 Å². The van der Waals surface area contributed by atoms with Crippen molar-refractivity contribution in [3.63, 3.8) is 0 Å². The van der Waals surface area contributed by atoms with E-state index in [-0.39, 0.29) is 6.61 Å². The number of ether oxygens (including phenoxy) is 5. The highest BCUT2D eigenvalue weighted by Crippen LogP contribution is 2.31. The summed E-state index contributed by atoms with van der Waals surface area (Å²) in [6.07, 6.45) is -6.68. The van der Waals surface area contributed by atoms with Crippen LogP contribution in [0.25, 0.3) is 0 Å². The molecule has 12 heteroatoms. The molecular formula is C14H19Cl3O9. The third-order valence-electron chi connectivity index (χ3n) is 3.08. The van der Waals surface area contributed by atoms with Gasteiger partial charge >= 0.3 is 17.9 Å². The predicted octanol–water partition coefficient (Wildman–Crippen LogP) is 0.885. The standard InChI is InChI=1S/C14H19Cl3O9/c1-6(18)22-4-9-11(24-7(2)19)10(21)12(25-8(3)20)13(26-9)23-5-14(15,16)17/h9-13,21H,4-5H2,1-3H3/t9-,10+,11+,12-,13?/m1/s1. The molecular weight excluding hydrogens is 419 g/mol. The van der Waals surface area contributed by atoms with Crippen LogP contribution < -0.4 is 0 Å². The van der Waals surface area contributed by atoms with Crippen molar-refractivity contribution < 1.29 is 43.2 Å².